The molecule has 7 nitrogen and oxygen atoms in total. The van der Waals surface area contributed by atoms with Gasteiger partial charge in [0.2, 0.25) is 0 Å². The summed E-state index contributed by atoms with van der Waals surface area (Å²) in [7, 11) is 0. The summed E-state index contributed by atoms with van der Waals surface area (Å²) in [6, 6.07) is 4.29. The van der Waals surface area contributed by atoms with Crippen LogP contribution in [0.4, 0.5) is 10.5 Å². The third kappa shape index (κ3) is 5.99. The minimum Gasteiger partial charge on any atom is -0.491 e. The predicted octanol–water partition coefficient (Wildman–Crippen LogP) is 3.41. The van der Waals surface area contributed by atoms with Gasteiger partial charge in [-0.05, 0) is 40.7 Å². The number of non-ortho nitro benzene ring substituents is 1. The zero-order valence-corrected chi connectivity index (χ0v) is 13.5. The molecule has 0 unspecified atom stereocenters. The summed E-state index contributed by atoms with van der Waals surface area (Å²) in [4.78, 5) is 22.1. The molecule has 0 spiro atoms. The Morgan fingerprint density at radius 3 is 2.50 bits per heavy atom. The summed E-state index contributed by atoms with van der Waals surface area (Å²) in [5.41, 5.74) is -0.143. The number of ether oxygens (including phenoxy) is 2. The Kier molecular flexibility index (Phi) is 5.73. The largest absolute Gasteiger partial charge is 0.491 e. The van der Waals surface area contributed by atoms with Gasteiger partial charge in [0.15, 0.2) is 0 Å². The zero-order valence-electron chi connectivity index (χ0n) is 13.5. The SMILES string of the molecule is CC(C)Oc1ccc([N+](=O)[O-])cc1CNC(=O)OC(C)(C)C. The van der Waals surface area contributed by atoms with Crippen LogP contribution in [0.3, 0.4) is 0 Å². The average Bonchev–Trinajstić information content (AvgIpc) is 2.34. The molecular formula is C15H22N2O5. The van der Waals surface area contributed by atoms with Crippen molar-refractivity contribution in [1.29, 1.82) is 0 Å². The maximum Gasteiger partial charge on any atom is 0.407 e. The van der Waals surface area contributed by atoms with E-state index < -0.39 is 16.6 Å². The number of nitrogens with zero attached hydrogens (tertiary/aromatic N) is 1. The molecule has 0 bridgehead atoms. The van der Waals surface area contributed by atoms with Crippen LogP contribution >= 0.6 is 0 Å². The van der Waals surface area contributed by atoms with Crippen molar-refractivity contribution >= 4 is 11.8 Å². The molecule has 0 aliphatic heterocycles. The monoisotopic (exact) mass is 310 g/mol. The van der Waals surface area contributed by atoms with Crippen LogP contribution in [0.25, 0.3) is 0 Å². The van der Waals surface area contributed by atoms with Gasteiger partial charge in [-0.3, -0.25) is 10.1 Å². The highest BCUT2D eigenvalue weighted by molar-refractivity contribution is 5.68. The van der Waals surface area contributed by atoms with Crippen molar-refractivity contribution in [1.82, 2.24) is 5.32 Å². The standard InChI is InChI=1S/C15H22N2O5/c1-10(2)21-13-7-6-12(17(19)20)8-11(13)9-16-14(18)22-15(3,4)5/h6-8,10H,9H2,1-5H3,(H,16,18). The number of alkyl carbamates (subject to hydrolysis) is 1. The Labute approximate surface area is 129 Å². The molecule has 0 atom stereocenters. The molecule has 122 valence electrons. The van der Waals surface area contributed by atoms with Crippen LogP contribution in [0.2, 0.25) is 0 Å². The van der Waals surface area contributed by atoms with Crippen LogP contribution in [0.5, 0.6) is 5.75 Å². The molecule has 1 amide bonds. The fourth-order valence-electron chi connectivity index (χ4n) is 1.67. The van der Waals surface area contributed by atoms with E-state index in [9.17, 15) is 14.9 Å². The number of carbonyl (C=O) groups excluding carboxylic acids is 1. The molecule has 0 aliphatic carbocycles. The van der Waals surface area contributed by atoms with Crippen molar-refractivity contribution < 1.29 is 19.2 Å². The average molecular weight is 310 g/mol. The van der Waals surface area contributed by atoms with Crippen LogP contribution in [0.15, 0.2) is 18.2 Å². The molecule has 1 rings (SSSR count). The topological polar surface area (TPSA) is 90.7 Å². The number of benzene rings is 1. The third-order valence-corrected chi connectivity index (χ3v) is 2.44. The van der Waals surface area contributed by atoms with Gasteiger partial charge < -0.3 is 14.8 Å². The van der Waals surface area contributed by atoms with E-state index in [1.807, 2.05) is 13.8 Å². The number of nitrogens with one attached hydrogen (secondary N) is 1. The van der Waals surface area contributed by atoms with Gasteiger partial charge in [-0.15, -0.1) is 0 Å². The van der Waals surface area contributed by atoms with Crippen molar-refractivity contribution in [2.75, 3.05) is 0 Å². The van der Waals surface area contributed by atoms with Gasteiger partial charge in [0, 0.05) is 17.7 Å². The summed E-state index contributed by atoms with van der Waals surface area (Å²) in [5, 5.41) is 13.4. The van der Waals surface area contributed by atoms with Crippen LogP contribution in [0.1, 0.15) is 40.2 Å². The van der Waals surface area contributed by atoms with E-state index in [-0.39, 0.29) is 18.3 Å². The van der Waals surface area contributed by atoms with Gasteiger partial charge in [0.25, 0.3) is 5.69 Å². The molecule has 1 N–H and O–H groups in total. The molecule has 1 aromatic rings. The number of hydrogen-bond acceptors (Lipinski definition) is 5. The lowest BCUT2D eigenvalue weighted by Gasteiger charge is -2.20. The van der Waals surface area contributed by atoms with E-state index in [0.717, 1.165) is 0 Å². The minimum absolute atomic E-state index is 0.0582. The van der Waals surface area contributed by atoms with Crippen LogP contribution in [-0.4, -0.2) is 22.7 Å². The first-order valence-corrected chi connectivity index (χ1v) is 6.99. The van der Waals surface area contributed by atoms with Crippen molar-refractivity contribution in [3.05, 3.63) is 33.9 Å². The van der Waals surface area contributed by atoms with Crippen LogP contribution in [-0.2, 0) is 11.3 Å². The predicted molar refractivity (Wildman–Crippen MR) is 81.9 cm³/mol. The Morgan fingerprint density at radius 2 is 2.00 bits per heavy atom. The minimum atomic E-state index is -0.607. The van der Waals surface area contributed by atoms with E-state index in [1.54, 1.807) is 20.8 Å². The molecule has 22 heavy (non-hydrogen) atoms. The fraction of sp³-hybridized carbons (Fsp3) is 0.533. The third-order valence-electron chi connectivity index (χ3n) is 2.44. The summed E-state index contributed by atoms with van der Waals surface area (Å²) >= 11 is 0. The molecular weight excluding hydrogens is 288 g/mol. The molecule has 0 heterocycles. The Hall–Kier alpha value is -2.31. The summed E-state index contributed by atoms with van der Waals surface area (Å²) in [6.07, 6.45) is -0.670. The van der Waals surface area contributed by atoms with E-state index >= 15 is 0 Å². The molecule has 0 fully saturated rings. The first-order chi connectivity index (χ1) is 10.1. The second-order valence-corrected chi connectivity index (χ2v) is 6.07. The number of rotatable bonds is 5. The quantitative estimate of drug-likeness (QED) is 0.664. The van der Waals surface area contributed by atoms with E-state index in [2.05, 4.69) is 5.32 Å². The molecule has 0 saturated heterocycles. The maximum atomic E-state index is 11.7. The maximum absolute atomic E-state index is 11.7. The van der Waals surface area contributed by atoms with Gasteiger partial charge in [-0.1, -0.05) is 0 Å². The second-order valence-electron chi connectivity index (χ2n) is 6.07. The number of hydrogen-bond donors (Lipinski definition) is 1. The Morgan fingerprint density at radius 1 is 1.36 bits per heavy atom. The lowest BCUT2D eigenvalue weighted by Crippen LogP contribution is -2.32. The number of nitro groups is 1. The van der Waals surface area contributed by atoms with E-state index in [0.29, 0.717) is 11.3 Å². The van der Waals surface area contributed by atoms with Crippen molar-refractivity contribution in [3.63, 3.8) is 0 Å². The van der Waals surface area contributed by atoms with E-state index in [4.69, 9.17) is 9.47 Å². The molecule has 0 aliphatic rings. The highest BCUT2D eigenvalue weighted by Crippen LogP contribution is 2.25. The van der Waals surface area contributed by atoms with Crippen LogP contribution < -0.4 is 10.1 Å². The lowest BCUT2D eigenvalue weighted by atomic mass is 10.1. The van der Waals surface area contributed by atoms with Gasteiger partial charge in [-0.2, -0.15) is 0 Å². The van der Waals surface area contributed by atoms with Gasteiger partial charge in [-0.25, -0.2) is 4.79 Å². The zero-order chi connectivity index (χ0) is 16.9. The highest BCUT2D eigenvalue weighted by Gasteiger charge is 2.18. The molecule has 0 saturated carbocycles. The summed E-state index contributed by atoms with van der Waals surface area (Å²) in [5.74, 6) is 0.497. The number of amides is 1. The lowest BCUT2D eigenvalue weighted by molar-refractivity contribution is -0.384. The first-order valence-electron chi connectivity index (χ1n) is 6.99. The Balaban J connectivity index is 2.87. The molecule has 7 heteroatoms. The van der Waals surface area contributed by atoms with Gasteiger partial charge in [0.1, 0.15) is 11.4 Å². The molecule has 0 radical (unpaired) electrons. The summed E-state index contributed by atoms with van der Waals surface area (Å²) < 4.78 is 10.7. The van der Waals surface area contributed by atoms with E-state index in [1.165, 1.54) is 18.2 Å². The highest BCUT2D eigenvalue weighted by atomic mass is 16.6. The fourth-order valence-corrected chi connectivity index (χ4v) is 1.67. The Bertz CT molecular complexity index is 549. The van der Waals surface area contributed by atoms with Crippen molar-refractivity contribution in [3.8, 4) is 5.75 Å². The first kappa shape index (κ1) is 17.7. The smallest absolute Gasteiger partial charge is 0.407 e. The normalized spacial score (nSPS) is 11.2. The second kappa shape index (κ2) is 7.11. The summed E-state index contributed by atoms with van der Waals surface area (Å²) in [6.45, 7) is 9.06. The number of carbonyl (C=O) groups is 1. The van der Waals surface area contributed by atoms with Gasteiger partial charge >= 0.3 is 6.09 Å². The molecule has 0 aromatic heterocycles. The number of nitro benzene ring substituents is 1. The van der Waals surface area contributed by atoms with Gasteiger partial charge in [0.05, 0.1) is 17.6 Å². The van der Waals surface area contributed by atoms with Crippen molar-refractivity contribution in [2.24, 2.45) is 0 Å². The van der Waals surface area contributed by atoms with Crippen LogP contribution in [0, 0.1) is 10.1 Å². The molecule has 1 aromatic carbocycles. The van der Waals surface area contributed by atoms with Crippen molar-refractivity contribution in [2.45, 2.75) is 52.9 Å².